The molecule has 4 heteroatoms. The Labute approximate surface area is 175 Å². The van der Waals surface area contributed by atoms with Crippen LogP contribution in [0.3, 0.4) is 0 Å². The number of nitrogens with one attached hydrogen (secondary N) is 1. The molecule has 0 fully saturated rings. The lowest BCUT2D eigenvalue weighted by molar-refractivity contribution is 0.102. The molecule has 0 spiro atoms. The Kier molecular flexibility index (Phi) is 9.55. The molecule has 1 N–H and O–H groups in total. The molecular weight excluding hydrogens is 362 g/mol. The lowest BCUT2D eigenvalue weighted by Crippen LogP contribution is -2.11. The SMILES string of the molecule is CC(C)CCCOc1ccc(NC(=O)c2ccc(OCCCC(C)C)cc2)cc1. The minimum Gasteiger partial charge on any atom is -0.494 e. The van der Waals surface area contributed by atoms with Crippen molar-refractivity contribution in [3.05, 3.63) is 54.1 Å². The van der Waals surface area contributed by atoms with Gasteiger partial charge in [-0.2, -0.15) is 0 Å². The zero-order chi connectivity index (χ0) is 21.1. The number of hydrogen-bond donors (Lipinski definition) is 1. The molecular formula is C25H35NO3. The van der Waals surface area contributed by atoms with E-state index in [2.05, 4.69) is 33.0 Å². The number of benzene rings is 2. The minimum absolute atomic E-state index is 0.137. The number of rotatable bonds is 12. The summed E-state index contributed by atoms with van der Waals surface area (Å²) in [7, 11) is 0. The van der Waals surface area contributed by atoms with E-state index >= 15 is 0 Å². The van der Waals surface area contributed by atoms with E-state index in [4.69, 9.17) is 9.47 Å². The molecule has 0 atom stereocenters. The van der Waals surface area contributed by atoms with Gasteiger partial charge in [-0.3, -0.25) is 4.79 Å². The van der Waals surface area contributed by atoms with Gasteiger partial charge in [-0.15, -0.1) is 0 Å². The second kappa shape index (κ2) is 12.2. The molecule has 0 heterocycles. The highest BCUT2D eigenvalue weighted by atomic mass is 16.5. The van der Waals surface area contributed by atoms with Crippen molar-refractivity contribution in [2.75, 3.05) is 18.5 Å². The van der Waals surface area contributed by atoms with E-state index in [1.54, 1.807) is 12.1 Å². The average Bonchev–Trinajstić information content (AvgIpc) is 2.70. The van der Waals surface area contributed by atoms with Crippen LogP contribution in [-0.2, 0) is 0 Å². The van der Waals surface area contributed by atoms with Crippen molar-refractivity contribution in [1.29, 1.82) is 0 Å². The number of carbonyl (C=O) groups is 1. The number of ether oxygens (including phenoxy) is 2. The van der Waals surface area contributed by atoms with E-state index in [1.165, 1.54) is 0 Å². The van der Waals surface area contributed by atoms with Gasteiger partial charge in [-0.1, -0.05) is 27.7 Å². The van der Waals surface area contributed by atoms with Crippen LogP contribution in [0.1, 0.15) is 63.7 Å². The fraction of sp³-hybridized carbons (Fsp3) is 0.480. The van der Waals surface area contributed by atoms with Crippen molar-refractivity contribution in [3.8, 4) is 11.5 Å². The minimum atomic E-state index is -0.137. The third kappa shape index (κ3) is 9.03. The van der Waals surface area contributed by atoms with Gasteiger partial charge in [-0.25, -0.2) is 0 Å². The molecule has 0 aliphatic carbocycles. The molecule has 0 aliphatic heterocycles. The summed E-state index contributed by atoms with van der Waals surface area (Å²) in [4.78, 5) is 12.4. The van der Waals surface area contributed by atoms with Crippen molar-refractivity contribution in [2.24, 2.45) is 11.8 Å². The summed E-state index contributed by atoms with van der Waals surface area (Å²) in [5.41, 5.74) is 1.35. The van der Waals surface area contributed by atoms with E-state index in [0.717, 1.165) is 49.5 Å². The average molecular weight is 398 g/mol. The monoisotopic (exact) mass is 397 g/mol. The predicted molar refractivity (Wildman–Crippen MR) is 120 cm³/mol. The van der Waals surface area contributed by atoms with Gasteiger partial charge >= 0.3 is 0 Å². The molecule has 0 unspecified atom stereocenters. The Morgan fingerprint density at radius 2 is 1.21 bits per heavy atom. The Balaban J connectivity index is 1.77. The Morgan fingerprint density at radius 1 is 0.759 bits per heavy atom. The van der Waals surface area contributed by atoms with Crippen LogP contribution in [-0.4, -0.2) is 19.1 Å². The Bertz CT molecular complexity index is 721. The highest BCUT2D eigenvalue weighted by molar-refractivity contribution is 6.04. The standard InChI is InChI=1S/C25H35NO3/c1-19(2)7-5-17-28-23-13-9-21(10-14-23)25(27)26-22-11-15-24(16-12-22)29-18-6-8-20(3)4/h9-16,19-20H,5-8,17-18H2,1-4H3,(H,26,27). The summed E-state index contributed by atoms with van der Waals surface area (Å²) in [6.45, 7) is 10.3. The molecule has 4 nitrogen and oxygen atoms in total. The van der Waals surface area contributed by atoms with Gasteiger partial charge in [0.1, 0.15) is 11.5 Å². The number of amides is 1. The smallest absolute Gasteiger partial charge is 0.255 e. The van der Waals surface area contributed by atoms with Crippen LogP contribution >= 0.6 is 0 Å². The molecule has 0 aliphatic rings. The van der Waals surface area contributed by atoms with Crippen molar-refractivity contribution >= 4 is 11.6 Å². The largest absolute Gasteiger partial charge is 0.494 e. The second-order valence-electron chi connectivity index (χ2n) is 8.27. The Hall–Kier alpha value is -2.49. The lowest BCUT2D eigenvalue weighted by atomic mass is 10.1. The highest BCUT2D eigenvalue weighted by Crippen LogP contribution is 2.18. The maximum Gasteiger partial charge on any atom is 0.255 e. The van der Waals surface area contributed by atoms with Gasteiger partial charge in [0.2, 0.25) is 0 Å². The molecule has 2 aromatic rings. The molecule has 0 bridgehead atoms. The second-order valence-corrected chi connectivity index (χ2v) is 8.27. The summed E-state index contributed by atoms with van der Waals surface area (Å²) in [5, 5.41) is 2.92. The third-order valence-electron chi connectivity index (χ3n) is 4.62. The molecule has 2 aromatic carbocycles. The first-order chi connectivity index (χ1) is 13.9. The van der Waals surface area contributed by atoms with Crippen molar-refractivity contribution in [3.63, 3.8) is 0 Å². The summed E-state index contributed by atoms with van der Waals surface area (Å²) in [6.07, 6.45) is 4.41. The summed E-state index contributed by atoms with van der Waals surface area (Å²) >= 11 is 0. The van der Waals surface area contributed by atoms with E-state index < -0.39 is 0 Å². The molecule has 1 amide bonds. The maximum absolute atomic E-state index is 12.4. The molecule has 29 heavy (non-hydrogen) atoms. The van der Waals surface area contributed by atoms with Gasteiger partial charge in [0.25, 0.3) is 5.91 Å². The van der Waals surface area contributed by atoms with Crippen molar-refractivity contribution < 1.29 is 14.3 Å². The Morgan fingerprint density at radius 3 is 1.66 bits per heavy atom. The molecule has 2 rings (SSSR count). The van der Waals surface area contributed by atoms with Gasteiger partial charge < -0.3 is 14.8 Å². The first-order valence-electron chi connectivity index (χ1n) is 10.7. The molecule has 158 valence electrons. The van der Waals surface area contributed by atoms with E-state index in [-0.39, 0.29) is 5.91 Å². The van der Waals surface area contributed by atoms with Gasteiger partial charge in [0, 0.05) is 11.3 Å². The predicted octanol–water partition coefficient (Wildman–Crippen LogP) is 6.57. The van der Waals surface area contributed by atoms with Crippen LogP contribution in [0.5, 0.6) is 11.5 Å². The lowest BCUT2D eigenvalue weighted by Gasteiger charge is -2.10. The third-order valence-corrected chi connectivity index (χ3v) is 4.62. The fourth-order valence-corrected chi connectivity index (χ4v) is 2.90. The molecule has 0 aromatic heterocycles. The number of hydrogen-bond acceptors (Lipinski definition) is 3. The zero-order valence-electron chi connectivity index (χ0n) is 18.2. The maximum atomic E-state index is 12.4. The zero-order valence-corrected chi connectivity index (χ0v) is 18.2. The van der Waals surface area contributed by atoms with Crippen LogP contribution < -0.4 is 14.8 Å². The van der Waals surface area contributed by atoms with Crippen LogP contribution in [0.15, 0.2) is 48.5 Å². The fourth-order valence-electron chi connectivity index (χ4n) is 2.90. The van der Waals surface area contributed by atoms with Crippen LogP contribution in [0.25, 0.3) is 0 Å². The normalized spacial score (nSPS) is 11.0. The van der Waals surface area contributed by atoms with Gasteiger partial charge in [0.05, 0.1) is 13.2 Å². The number of anilines is 1. The van der Waals surface area contributed by atoms with E-state index in [9.17, 15) is 4.79 Å². The highest BCUT2D eigenvalue weighted by Gasteiger charge is 2.07. The van der Waals surface area contributed by atoms with Gasteiger partial charge in [0.15, 0.2) is 0 Å². The van der Waals surface area contributed by atoms with Crippen molar-refractivity contribution in [1.82, 2.24) is 0 Å². The van der Waals surface area contributed by atoms with Crippen LogP contribution in [0.2, 0.25) is 0 Å². The number of carbonyl (C=O) groups excluding carboxylic acids is 1. The first kappa shape index (κ1) is 22.8. The quantitative estimate of drug-likeness (QED) is 0.412. The molecule has 0 radical (unpaired) electrons. The summed E-state index contributed by atoms with van der Waals surface area (Å²) in [6, 6.07) is 14.8. The first-order valence-corrected chi connectivity index (χ1v) is 10.7. The molecule has 0 saturated heterocycles. The van der Waals surface area contributed by atoms with Crippen molar-refractivity contribution in [2.45, 2.75) is 53.4 Å². The van der Waals surface area contributed by atoms with Crippen LogP contribution in [0, 0.1) is 11.8 Å². The summed E-state index contributed by atoms with van der Waals surface area (Å²) < 4.78 is 11.5. The van der Waals surface area contributed by atoms with E-state index in [1.807, 2.05) is 36.4 Å². The summed E-state index contributed by atoms with van der Waals surface area (Å²) in [5.74, 6) is 2.87. The van der Waals surface area contributed by atoms with E-state index in [0.29, 0.717) is 24.0 Å². The molecule has 0 saturated carbocycles. The van der Waals surface area contributed by atoms with Crippen LogP contribution in [0.4, 0.5) is 5.69 Å². The van der Waals surface area contributed by atoms with Gasteiger partial charge in [-0.05, 0) is 86.1 Å². The topological polar surface area (TPSA) is 47.6 Å².